The van der Waals surface area contributed by atoms with E-state index >= 15 is 0 Å². The molecule has 2 heterocycles. The molecule has 0 unspecified atom stereocenters. The number of hydrogen-bond donors (Lipinski definition) is 6. The summed E-state index contributed by atoms with van der Waals surface area (Å²) in [7, 11) is 4.38. The van der Waals surface area contributed by atoms with Gasteiger partial charge >= 0.3 is 6.09 Å². The van der Waals surface area contributed by atoms with Gasteiger partial charge in [0.05, 0.1) is 44.5 Å². The first-order valence-corrected chi connectivity index (χ1v) is 18.1. The fourth-order valence-corrected chi connectivity index (χ4v) is 6.83. The predicted octanol–water partition coefficient (Wildman–Crippen LogP) is 6.39. The molecule has 4 aromatic carbocycles. The van der Waals surface area contributed by atoms with Gasteiger partial charge in [0.2, 0.25) is 11.5 Å². The number of aromatic amines is 1. The van der Waals surface area contributed by atoms with Gasteiger partial charge in [0, 0.05) is 55.1 Å². The highest BCUT2D eigenvalue weighted by Gasteiger charge is 2.28. The van der Waals surface area contributed by atoms with E-state index in [1.807, 2.05) is 73.7 Å². The Morgan fingerprint density at radius 2 is 1.72 bits per heavy atom. The van der Waals surface area contributed by atoms with Crippen molar-refractivity contribution in [2.75, 3.05) is 44.4 Å². The molecule has 0 saturated carbocycles. The van der Waals surface area contributed by atoms with Crippen molar-refractivity contribution < 1.29 is 29.0 Å². The molecule has 11 heteroatoms. The number of nitrogens with one attached hydrogen (secondary N) is 4. The molecule has 53 heavy (non-hydrogen) atoms. The number of aromatic hydroxyl groups is 1. The maximum absolute atomic E-state index is 13.0. The largest absolute Gasteiger partial charge is 0.506 e. The number of H-pyrrole nitrogens is 1. The quantitative estimate of drug-likeness (QED) is 0.0818. The second kappa shape index (κ2) is 16.5. The van der Waals surface area contributed by atoms with E-state index in [0.29, 0.717) is 40.8 Å². The number of ether oxygens (including phenoxy) is 1. The average molecular weight is 719 g/mol. The minimum Gasteiger partial charge on any atom is -0.506 e. The fraction of sp³-hybridized carbons (Fsp3) is 0.310. The summed E-state index contributed by atoms with van der Waals surface area (Å²) in [5.41, 5.74) is 6.65. The Morgan fingerprint density at radius 3 is 2.47 bits per heavy atom. The number of aliphatic hydroxyl groups is 1. The van der Waals surface area contributed by atoms with Gasteiger partial charge in [0.25, 0.3) is 0 Å². The predicted molar refractivity (Wildman–Crippen MR) is 208 cm³/mol. The van der Waals surface area contributed by atoms with E-state index < -0.39 is 12.2 Å². The number of likely N-dealkylation sites (tertiary alicyclic amines) is 1. The zero-order chi connectivity index (χ0) is 37.5. The molecule has 276 valence electrons. The number of fused-ring (bicyclic) bond motifs is 1. The number of aromatic nitrogens is 1. The zero-order valence-electron chi connectivity index (χ0n) is 30.4. The molecule has 1 aromatic heterocycles. The SMILES string of the molecule is Cc1cc(NC(=O)CCc2ccc(-c3ccccc3)c(NC(=O)OC3CC[N+](C)(C)CC3)c2)ccc1CNC[C@H](O)c1ccc(O)c2[nH]c(=O)ccc12. The summed E-state index contributed by atoms with van der Waals surface area (Å²) < 4.78 is 6.75. The molecule has 6 rings (SSSR count). The van der Waals surface area contributed by atoms with Gasteiger partial charge in [-0.25, -0.2) is 4.79 Å². The number of aliphatic hydroxyl groups excluding tert-OH is 1. The lowest BCUT2D eigenvalue weighted by Gasteiger charge is -2.36. The first-order valence-electron chi connectivity index (χ1n) is 18.1. The molecule has 0 bridgehead atoms. The summed E-state index contributed by atoms with van der Waals surface area (Å²) in [5.74, 6) is -0.179. The van der Waals surface area contributed by atoms with E-state index in [9.17, 15) is 24.6 Å². The Bertz CT molecular complexity index is 2140. The van der Waals surface area contributed by atoms with Crippen molar-refractivity contribution in [1.29, 1.82) is 0 Å². The van der Waals surface area contributed by atoms with Gasteiger partial charge in [0.15, 0.2) is 0 Å². The number of carbonyl (C=O) groups is 2. The second-order valence-electron chi connectivity index (χ2n) is 14.5. The molecular formula is C42H48N5O6+. The number of pyridine rings is 1. The molecule has 2 amide bonds. The number of amides is 2. The van der Waals surface area contributed by atoms with Crippen LogP contribution in [0.25, 0.3) is 22.0 Å². The lowest BCUT2D eigenvalue weighted by atomic mass is 9.99. The van der Waals surface area contributed by atoms with Crippen LogP contribution < -0.4 is 21.5 Å². The Kier molecular flexibility index (Phi) is 11.6. The fourth-order valence-electron chi connectivity index (χ4n) is 6.83. The Hall–Kier alpha value is -5.49. The maximum atomic E-state index is 13.0. The van der Waals surface area contributed by atoms with E-state index in [0.717, 1.165) is 58.2 Å². The lowest BCUT2D eigenvalue weighted by Crippen LogP contribution is -2.48. The molecule has 1 aliphatic heterocycles. The number of phenolic OH excluding ortho intramolecular Hbond substituents is 1. The number of aryl methyl sites for hydroxylation is 2. The van der Waals surface area contributed by atoms with Crippen molar-refractivity contribution in [1.82, 2.24) is 10.3 Å². The van der Waals surface area contributed by atoms with Crippen molar-refractivity contribution in [2.24, 2.45) is 0 Å². The van der Waals surface area contributed by atoms with Gasteiger partial charge in [0.1, 0.15) is 11.9 Å². The van der Waals surface area contributed by atoms with Crippen LogP contribution in [0.5, 0.6) is 5.75 Å². The van der Waals surface area contributed by atoms with Crippen LogP contribution in [-0.2, 0) is 22.5 Å². The molecule has 0 aliphatic carbocycles. The number of carbonyl (C=O) groups excluding carboxylic acids is 2. The van der Waals surface area contributed by atoms with Crippen molar-refractivity contribution >= 4 is 34.3 Å². The number of piperidine rings is 1. The summed E-state index contributed by atoms with van der Waals surface area (Å²) in [5, 5.41) is 30.9. The van der Waals surface area contributed by atoms with E-state index in [1.165, 1.54) is 12.1 Å². The van der Waals surface area contributed by atoms with Crippen LogP contribution in [-0.4, -0.2) is 71.5 Å². The van der Waals surface area contributed by atoms with Crippen molar-refractivity contribution in [3.63, 3.8) is 0 Å². The Labute approximate surface area is 309 Å². The third kappa shape index (κ3) is 9.69. The van der Waals surface area contributed by atoms with Crippen LogP contribution in [0, 0.1) is 6.92 Å². The average Bonchev–Trinajstić information content (AvgIpc) is 3.13. The molecule has 0 radical (unpaired) electrons. The molecule has 1 atom stereocenters. The summed E-state index contributed by atoms with van der Waals surface area (Å²) in [4.78, 5) is 40.4. The maximum Gasteiger partial charge on any atom is 0.411 e. The normalized spacial score (nSPS) is 14.8. The molecule has 11 nitrogen and oxygen atoms in total. The highest BCUT2D eigenvalue weighted by atomic mass is 16.6. The van der Waals surface area contributed by atoms with Gasteiger partial charge in [-0.05, 0) is 71.5 Å². The minimum absolute atomic E-state index is 0.0548. The van der Waals surface area contributed by atoms with Crippen LogP contribution in [0.2, 0.25) is 0 Å². The zero-order valence-corrected chi connectivity index (χ0v) is 30.4. The number of nitrogens with zero attached hydrogens (tertiary/aromatic N) is 1. The van der Waals surface area contributed by atoms with Crippen LogP contribution in [0.3, 0.4) is 0 Å². The number of anilines is 2. The number of phenols is 1. The second-order valence-corrected chi connectivity index (χ2v) is 14.5. The third-order valence-electron chi connectivity index (χ3n) is 9.98. The summed E-state index contributed by atoms with van der Waals surface area (Å²) >= 11 is 0. The molecule has 1 aliphatic rings. The number of rotatable bonds is 12. The van der Waals surface area contributed by atoms with Gasteiger partial charge in [-0.15, -0.1) is 0 Å². The third-order valence-corrected chi connectivity index (χ3v) is 9.98. The monoisotopic (exact) mass is 718 g/mol. The van der Waals surface area contributed by atoms with Crippen molar-refractivity contribution in [2.45, 2.75) is 51.4 Å². The van der Waals surface area contributed by atoms with Crippen LogP contribution >= 0.6 is 0 Å². The highest BCUT2D eigenvalue weighted by molar-refractivity contribution is 5.93. The standard InChI is InChI=1S/C42H47N5O6/c1-27-23-31(12-11-30(27)25-43-26-38(49)34-14-16-37(48)41-35(34)15-18-40(51)46-41)44-39(50)17-10-28-9-13-33(29-7-5-4-6-8-29)36(24-28)45-42(52)53-32-19-21-47(2,3)22-20-32/h4-9,11-16,18,23-24,32,38,43,49H,10,17,19-22,25-26H2,1-3H3,(H3-,44,45,46,48,50,51,52)/p+1/t38-/m0/s1. The van der Waals surface area contributed by atoms with E-state index in [4.69, 9.17) is 4.74 Å². The molecular weight excluding hydrogens is 670 g/mol. The van der Waals surface area contributed by atoms with Crippen LogP contribution in [0.1, 0.15) is 47.6 Å². The van der Waals surface area contributed by atoms with E-state index in [-0.39, 0.29) is 36.3 Å². The summed E-state index contributed by atoms with van der Waals surface area (Å²) in [6.45, 7) is 4.63. The van der Waals surface area contributed by atoms with Crippen LogP contribution in [0.15, 0.2) is 95.8 Å². The Morgan fingerprint density at radius 1 is 0.943 bits per heavy atom. The smallest absolute Gasteiger partial charge is 0.411 e. The van der Waals surface area contributed by atoms with Gasteiger partial charge < -0.3 is 35.1 Å². The molecule has 1 saturated heterocycles. The van der Waals surface area contributed by atoms with Crippen molar-refractivity contribution in [3.8, 4) is 16.9 Å². The summed E-state index contributed by atoms with van der Waals surface area (Å²) in [6, 6.07) is 27.5. The van der Waals surface area contributed by atoms with E-state index in [1.54, 1.807) is 12.1 Å². The van der Waals surface area contributed by atoms with E-state index in [2.05, 4.69) is 35.0 Å². The highest BCUT2D eigenvalue weighted by Crippen LogP contribution is 2.31. The molecule has 6 N–H and O–H groups in total. The molecule has 5 aromatic rings. The molecule has 0 spiro atoms. The van der Waals surface area contributed by atoms with Crippen molar-refractivity contribution in [3.05, 3.63) is 124 Å². The van der Waals surface area contributed by atoms with Gasteiger partial charge in [-0.3, -0.25) is 14.9 Å². The van der Waals surface area contributed by atoms with Gasteiger partial charge in [-0.2, -0.15) is 0 Å². The first kappa shape index (κ1) is 37.3. The lowest BCUT2D eigenvalue weighted by molar-refractivity contribution is -0.896. The van der Waals surface area contributed by atoms with Gasteiger partial charge in [-0.1, -0.05) is 54.6 Å². The van der Waals surface area contributed by atoms with Crippen LogP contribution in [0.4, 0.5) is 16.2 Å². The Balaban J connectivity index is 1.03. The summed E-state index contributed by atoms with van der Waals surface area (Å²) in [6.07, 6.45) is 0.949. The number of quaternary nitrogens is 1. The number of hydrogen-bond acceptors (Lipinski definition) is 7. The molecule has 1 fully saturated rings. The number of benzene rings is 4. The minimum atomic E-state index is -0.869. The first-order chi connectivity index (χ1) is 25.4. The topological polar surface area (TPSA) is 153 Å².